The van der Waals surface area contributed by atoms with Crippen molar-refractivity contribution in [1.29, 1.82) is 0 Å². The maximum absolute atomic E-state index is 11.8. The van der Waals surface area contributed by atoms with Gasteiger partial charge in [0.1, 0.15) is 0 Å². The maximum atomic E-state index is 11.8. The largest absolute Gasteiger partial charge is 0.461 e. The quantitative estimate of drug-likeness (QED) is 0.613. The first-order valence-electron chi connectivity index (χ1n) is 4.67. The summed E-state index contributed by atoms with van der Waals surface area (Å²) in [6, 6.07) is 1.50. The summed E-state index contributed by atoms with van der Waals surface area (Å²) >= 11 is 0. The number of amides is 1. The van der Waals surface area contributed by atoms with Crippen LogP contribution in [0.3, 0.4) is 0 Å². The van der Waals surface area contributed by atoms with Crippen molar-refractivity contribution in [2.75, 3.05) is 0 Å². The van der Waals surface area contributed by atoms with E-state index in [1.807, 2.05) is 0 Å². The van der Waals surface area contributed by atoms with E-state index in [9.17, 15) is 9.59 Å². The van der Waals surface area contributed by atoms with Gasteiger partial charge in [0.05, 0.1) is 18.8 Å². The Balaban J connectivity index is 2.09. The fourth-order valence-electron chi connectivity index (χ4n) is 2.22. The molecule has 14 heavy (non-hydrogen) atoms. The molecule has 0 bridgehead atoms. The highest BCUT2D eigenvalue weighted by atomic mass is 16.3. The number of rotatable bonds is 0. The van der Waals surface area contributed by atoms with Crippen molar-refractivity contribution in [3.63, 3.8) is 0 Å². The van der Waals surface area contributed by atoms with Crippen molar-refractivity contribution in [3.05, 3.63) is 23.7 Å². The van der Waals surface area contributed by atoms with Crippen LogP contribution in [0.25, 0.3) is 0 Å². The van der Waals surface area contributed by atoms with E-state index in [4.69, 9.17) is 4.42 Å². The SMILES string of the molecule is O=C1c2occc2CN2C(=O)CC[C@@H]12. The van der Waals surface area contributed by atoms with Crippen LogP contribution < -0.4 is 0 Å². The van der Waals surface area contributed by atoms with E-state index in [-0.39, 0.29) is 17.7 Å². The molecule has 1 amide bonds. The van der Waals surface area contributed by atoms with Gasteiger partial charge >= 0.3 is 0 Å². The molecule has 1 saturated heterocycles. The molecule has 0 saturated carbocycles. The first-order valence-corrected chi connectivity index (χ1v) is 4.67. The monoisotopic (exact) mass is 191 g/mol. The second kappa shape index (κ2) is 2.47. The summed E-state index contributed by atoms with van der Waals surface area (Å²) in [6.07, 6.45) is 2.63. The molecular weight excluding hydrogens is 182 g/mol. The Morgan fingerprint density at radius 3 is 3.14 bits per heavy atom. The Bertz CT molecular complexity index is 421. The molecule has 4 heteroatoms. The van der Waals surface area contributed by atoms with Crippen LogP contribution in [-0.2, 0) is 11.3 Å². The summed E-state index contributed by atoms with van der Waals surface area (Å²) in [5, 5.41) is 0. The Hall–Kier alpha value is -1.58. The molecule has 2 aliphatic rings. The van der Waals surface area contributed by atoms with Gasteiger partial charge in [0.15, 0.2) is 5.76 Å². The lowest BCUT2D eigenvalue weighted by Crippen LogP contribution is -2.41. The molecule has 3 rings (SSSR count). The molecule has 3 heterocycles. The van der Waals surface area contributed by atoms with E-state index < -0.39 is 0 Å². The standard InChI is InChI=1S/C10H9NO3/c12-8-2-1-7-9(13)10-6(3-4-14-10)5-11(7)8/h3-4,7H,1-2,5H2/t7-/m0/s1. The minimum Gasteiger partial charge on any atom is -0.461 e. The average Bonchev–Trinajstić information content (AvgIpc) is 2.75. The molecule has 0 spiro atoms. The molecule has 1 atom stereocenters. The molecule has 0 unspecified atom stereocenters. The minimum absolute atomic E-state index is 0.0397. The van der Waals surface area contributed by atoms with Crippen molar-refractivity contribution in [1.82, 2.24) is 4.90 Å². The molecule has 1 aromatic heterocycles. The van der Waals surface area contributed by atoms with Crippen molar-refractivity contribution in [2.24, 2.45) is 0 Å². The summed E-state index contributed by atoms with van der Waals surface area (Å²) in [7, 11) is 0. The third-order valence-electron chi connectivity index (χ3n) is 2.94. The van der Waals surface area contributed by atoms with E-state index in [0.717, 1.165) is 5.56 Å². The van der Waals surface area contributed by atoms with Crippen molar-refractivity contribution < 1.29 is 14.0 Å². The van der Waals surface area contributed by atoms with Gasteiger partial charge in [0.2, 0.25) is 11.7 Å². The average molecular weight is 191 g/mol. The third-order valence-corrected chi connectivity index (χ3v) is 2.94. The summed E-state index contributed by atoms with van der Waals surface area (Å²) in [5.74, 6) is 0.484. The lowest BCUT2D eigenvalue weighted by molar-refractivity contribution is -0.129. The highest BCUT2D eigenvalue weighted by molar-refractivity contribution is 6.03. The zero-order valence-corrected chi connectivity index (χ0v) is 7.53. The van der Waals surface area contributed by atoms with Crippen LogP contribution in [0.2, 0.25) is 0 Å². The molecule has 2 aliphatic heterocycles. The lowest BCUT2D eigenvalue weighted by atomic mass is 10.0. The lowest BCUT2D eigenvalue weighted by Gasteiger charge is -2.27. The number of hydrogen-bond acceptors (Lipinski definition) is 3. The third kappa shape index (κ3) is 0.828. The normalized spacial score (nSPS) is 25.1. The fraction of sp³-hybridized carbons (Fsp3) is 0.400. The van der Waals surface area contributed by atoms with Gasteiger partial charge in [-0.15, -0.1) is 0 Å². The summed E-state index contributed by atoms with van der Waals surface area (Å²) < 4.78 is 5.12. The van der Waals surface area contributed by atoms with Crippen molar-refractivity contribution in [3.8, 4) is 0 Å². The van der Waals surface area contributed by atoms with Crippen LogP contribution in [-0.4, -0.2) is 22.6 Å². The molecule has 0 N–H and O–H groups in total. The van der Waals surface area contributed by atoms with E-state index in [1.54, 1.807) is 11.0 Å². The summed E-state index contributed by atoms with van der Waals surface area (Å²) in [4.78, 5) is 24.9. The summed E-state index contributed by atoms with van der Waals surface area (Å²) in [6.45, 7) is 0.529. The van der Waals surface area contributed by atoms with Gasteiger partial charge in [-0.25, -0.2) is 0 Å². The molecule has 1 aromatic rings. The van der Waals surface area contributed by atoms with E-state index in [1.165, 1.54) is 6.26 Å². The number of hydrogen-bond donors (Lipinski definition) is 0. The van der Waals surface area contributed by atoms with Crippen LogP contribution in [0.4, 0.5) is 0 Å². The Kier molecular flexibility index (Phi) is 1.37. The number of carbonyl (C=O) groups excluding carboxylic acids is 2. The molecule has 4 nitrogen and oxygen atoms in total. The zero-order chi connectivity index (χ0) is 9.71. The first kappa shape index (κ1) is 7.79. The Labute approximate surface area is 80.5 Å². The van der Waals surface area contributed by atoms with Crippen LogP contribution >= 0.6 is 0 Å². The molecule has 0 aromatic carbocycles. The predicted octanol–water partition coefficient (Wildman–Crippen LogP) is 0.967. The highest BCUT2D eigenvalue weighted by Crippen LogP contribution is 2.31. The van der Waals surface area contributed by atoms with E-state index >= 15 is 0 Å². The molecule has 72 valence electrons. The number of Topliss-reactive ketones (excluding diaryl/α,β-unsaturated/α-hetero) is 1. The number of nitrogens with zero attached hydrogens (tertiary/aromatic N) is 1. The van der Waals surface area contributed by atoms with Gasteiger partial charge in [-0.3, -0.25) is 9.59 Å². The van der Waals surface area contributed by atoms with Gasteiger partial charge in [-0.1, -0.05) is 0 Å². The van der Waals surface area contributed by atoms with Gasteiger partial charge in [0, 0.05) is 12.0 Å². The van der Waals surface area contributed by atoms with Gasteiger partial charge in [-0.05, 0) is 12.5 Å². The number of carbonyl (C=O) groups is 2. The molecule has 1 fully saturated rings. The topological polar surface area (TPSA) is 50.5 Å². The minimum atomic E-state index is -0.263. The molecule has 0 radical (unpaired) electrons. The van der Waals surface area contributed by atoms with Gasteiger partial charge in [0.25, 0.3) is 0 Å². The molecule has 0 aliphatic carbocycles. The summed E-state index contributed by atoms with van der Waals surface area (Å²) in [5.41, 5.74) is 0.835. The number of furan rings is 1. The van der Waals surface area contributed by atoms with E-state index in [0.29, 0.717) is 25.1 Å². The van der Waals surface area contributed by atoms with Crippen molar-refractivity contribution >= 4 is 11.7 Å². The highest BCUT2D eigenvalue weighted by Gasteiger charge is 2.42. The number of ketones is 1. The second-order valence-electron chi connectivity index (χ2n) is 3.72. The smallest absolute Gasteiger partial charge is 0.223 e. The first-order chi connectivity index (χ1) is 6.77. The zero-order valence-electron chi connectivity index (χ0n) is 7.53. The van der Waals surface area contributed by atoms with Crippen LogP contribution in [0.15, 0.2) is 16.7 Å². The van der Waals surface area contributed by atoms with Gasteiger partial charge in [-0.2, -0.15) is 0 Å². The number of fused-ring (bicyclic) bond motifs is 2. The van der Waals surface area contributed by atoms with Crippen LogP contribution in [0.5, 0.6) is 0 Å². The van der Waals surface area contributed by atoms with Crippen molar-refractivity contribution in [2.45, 2.75) is 25.4 Å². The maximum Gasteiger partial charge on any atom is 0.223 e. The van der Waals surface area contributed by atoms with Crippen LogP contribution in [0.1, 0.15) is 29.0 Å². The van der Waals surface area contributed by atoms with Gasteiger partial charge < -0.3 is 9.32 Å². The predicted molar refractivity (Wildman–Crippen MR) is 46.6 cm³/mol. The second-order valence-corrected chi connectivity index (χ2v) is 3.72. The Morgan fingerprint density at radius 1 is 1.43 bits per heavy atom. The van der Waals surface area contributed by atoms with E-state index in [2.05, 4.69) is 0 Å². The fourth-order valence-corrected chi connectivity index (χ4v) is 2.22. The Morgan fingerprint density at radius 2 is 2.29 bits per heavy atom. The van der Waals surface area contributed by atoms with Crippen LogP contribution in [0, 0.1) is 0 Å². The molecular formula is C10H9NO3.